The van der Waals surface area contributed by atoms with Crippen molar-refractivity contribution in [2.45, 2.75) is 43.4 Å². The third kappa shape index (κ3) is 4.54. The predicted octanol–water partition coefficient (Wildman–Crippen LogP) is 2.27. The van der Waals surface area contributed by atoms with E-state index in [1.54, 1.807) is 0 Å². The van der Waals surface area contributed by atoms with Gasteiger partial charge in [-0.1, -0.05) is 37.3 Å². The van der Waals surface area contributed by atoms with Gasteiger partial charge in [0.15, 0.2) is 5.82 Å². The van der Waals surface area contributed by atoms with Crippen molar-refractivity contribution in [1.82, 2.24) is 9.71 Å². The van der Waals surface area contributed by atoms with Gasteiger partial charge in [0.25, 0.3) is 0 Å². The summed E-state index contributed by atoms with van der Waals surface area (Å²) in [6.07, 6.45) is 8.34. The zero-order valence-electron chi connectivity index (χ0n) is 11.8. The summed E-state index contributed by atoms with van der Waals surface area (Å²) in [6.45, 7) is 0.438. The molecule has 0 bridgehead atoms. The summed E-state index contributed by atoms with van der Waals surface area (Å²) in [6, 6.07) is 1.34. The van der Waals surface area contributed by atoms with Crippen LogP contribution in [0.4, 0.5) is 5.82 Å². The van der Waals surface area contributed by atoms with Gasteiger partial charge in [0.2, 0.25) is 10.0 Å². The number of nitrogens with two attached hydrogens (primary N) is 1. The number of rotatable bonds is 7. The van der Waals surface area contributed by atoms with Crippen molar-refractivity contribution >= 4 is 27.4 Å². The summed E-state index contributed by atoms with van der Waals surface area (Å²) >= 11 is 5.89. The molecule has 2 rings (SSSR count). The highest BCUT2D eigenvalue weighted by Crippen LogP contribution is 2.28. The summed E-state index contributed by atoms with van der Waals surface area (Å²) in [5.41, 5.74) is 2.30. The number of nitrogens with one attached hydrogen (secondary N) is 2. The molecule has 0 saturated heterocycles. The van der Waals surface area contributed by atoms with Crippen molar-refractivity contribution in [2.75, 3.05) is 12.0 Å². The van der Waals surface area contributed by atoms with Crippen LogP contribution in [-0.4, -0.2) is 19.9 Å². The van der Waals surface area contributed by atoms with Crippen molar-refractivity contribution in [3.63, 3.8) is 0 Å². The molecule has 1 saturated carbocycles. The first-order valence-corrected chi connectivity index (χ1v) is 9.01. The van der Waals surface area contributed by atoms with E-state index in [2.05, 4.69) is 15.1 Å². The van der Waals surface area contributed by atoms with Gasteiger partial charge < -0.3 is 5.43 Å². The average Bonchev–Trinajstić information content (AvgIpc) is 2.97. The summed E-state index contributed by atoms with van der Waals surface area (Å²) in [7, 11) is -3.57. The molecule has 4 N–H and O–H groups in total. The predicted molar refractivity (Wildman–Crippen MR) is 83.4 cm³/mol. The molecule has 0 spiro atoms. The lowest BCUT2D eigenvalue weighted by molar-refractivity contribution is 0.480. The second-order valence-electron chi connectivity index (χ2n) is 5.34. The van der Waals surface area contributed by atoms with Crippen molar-refractivity contribution in [3.8, 4) is 0 Å². The molecule has 0 unspecified atom stereocenters. The summed E-state index contributed by atoms with van der Waals surface area (Å²) in [4.78, 5) is 3.92. The van der Waals surface area contributed by atoms with Crippen LogP contribution in [0.1, 0.15) is 38.5 Å². The van der Waals surface area contributed by atoms with Crippen LogP contribution in [-0.2, 0) is 10.0 Å². The number of sulfonamides is 1. The molecule has 1 heterocycles. The second-order valence-corrected chi connectivity index (χ2v) is 7.51. The maximum atomic E-state index is 12.1. The molecule has 6 nitrogen and oxygen atoms in total. The maximum Gasteiger partial charge on any atom is 0.242 e. The normalized spacial score (nSPS) is 16.3. The first kappa shape index (κ1) is 16.5. The van der Waals surface area contributed by atoms with Crippen LogP contribution in [0, 0.1) is 5.92 Å². The lowest BCUT2D eigenvalue weighted by Gasteiger charge is -2.10. The fraction of sp³-hybridized carbons (Fsp3) is 0.615. The molecular weight excluding hydrogens is 312 g/mol. The molecule has 1 aliphatic carbocycles. The topological polar surface area (TPSA) is 97.1 Å². The van der Waals surface area contributed by atoms with Gasteiger partial charge in [0.05, 0.1) is 5.02 Å². The van der Waals surface area contributed by atoms with E-state index < -0.39 is 10.0 Å². The quantitative estimate of drug-likeness (QED) is 0.404. The molecule has 0 aliphatic heterocycles. The van der Waals surface area contributed by atoms with E-state index in [1.165, 1.54) is 37.9 Å². The Morgan fingerprint density at radius 1 is 1.38 bits per heavy atom. The Morgan fingerprint density at radius 2 is 2.10 bits per heavy atom. The van der Waals surface area contributed by atoms with Gasteiger partial charge in [-0.15, -0.1) is 0 Å². The molecule has 0 atom stereocenters. The molecule has 1 aliphatic rings. The minimum absolute atomic E-state index is 0.0485. The van der Waals surface area contributed by atoms with Crippen LogP contribution in [0.15, 0.2) is 17.2 Å². The van der Waals surface area contributed by atoms with Crippen LogP contribution in [0.2, 0.25) is 5.02 Å². The van der Waals surface area contributed by atoms with E-state index in [0.29, 0.717) is 6.54 Å². The Kier molecular flexibility index (Phi) is 5.80. The number of aromatic nitrogens is 1. The molecular formula is C13H21ClN4O2S. The Hall–Kier alpha value is -0.890. The number of hydrogen-bond donors (Lipinski definition) is 3. The number of pyridine rings is 1. The van der Waals surface area contributed by atoms with Gasteiger partial charge in [-0.3, -0.25) is 0 Å². The Morgan fingerprint density at radius 3 is 2.71 bits per heavy atom. The summed E-state index contributed by atoms with van der Waals surface area (Å²) < 4.78 is 26.8. The zero-order chi connectivity index (χ0) is 15.3. The van der Waals surface area contributed by atoms with Crippen molar-refractivity contribution in [3.05, 3.63) is 17.3 Å². The standard InChI is InChI=1S/C13H21ClN4O2S/c14-12-8-11(9-16-13(12)18-15)21(19,20)17-7-3-6-10-4-1-2-5-10/h8-10,17H,1-7,15H2,(H,16,18). The van der Waals surface area contributed by atoms with E-state index >= 15 is 0 Å². The Balaban J connectivity index is 1.87. The number of halogens is 1. The minimum Gasteiger partial charge on any atom is -0.307 e. The number of nitrogen functional groups attached to an aromatic ring is 1. The van der Waals surface area contributed by atoms with Crippen LogP contribution >= 0.6 is 11.6 Å². The number of hydrazine groups is 1. The van der Waals surface area contributed by atoms with E-state index in [9.17, 15) is 8.42 Å². The Labute approximate surface area is 130 Å². The highest BCUT2D eigenvalue weighted by Gasteiger charge is 2.17. The Bertz CT molecular complexity index is 574. The van der Waals surface area contributed by atoms with Gasteiger partial charge in [-0.2, -0.15) is 0 Å². The average molecular weight is 333 g/mol. The zero-order valence-corrected chi connectivity index (χ0v) is 13.4. The number of anilines is 1. The van der Waals surface area contributed by atoms with Crippen molar-refractivity contribution < 1.29 is 8.42 Å². The molecule has 118 valence electrons. The van der Waals surface area contributed by atoms with Gasteiger partial charge >= 0.3 is 0 Å². The van der Waals surface area contributed by atoms with E-state index in [0.717, 1.165) is 18.8 Å². The lowest BCUT2D eigenvalue weighted by Crippen LogP contribution is -2.25. The van der Waals surface area contributed by atoms with Gasteiger partial charge in [-0.25, -0.2) is 24.0 Å². The number of nitrogens with zero attached hydrogens (tertiary/aromatic N) is 1. The fourth-order valence-corrected chi connectivity index (χ4v) is 3.98. The molecule has 1 aromatic rings. The third-order valence-corrected chi connectivity index (χ3v) is 5.54. The fourth-order valence-electron chi connectivity index (χ4n) is 2.65. The molecule has 8 heteroatoms. The summed E-state index contributed by atoms with van der Waals surface area (Å²) in [5.74, 6) is 6.22. The van der Waals surface area contributed by atoms with E-state index in [-0.39, 0.29) is 15.7 Å². The second kappa shape index (κ2) is 7.40. The SMILES string of the molecule is NNc1ncc(S(=O)(=O)NCCCC2CCCC2)cc1Cl. The monoisotopic (exact) mass is 332 g/mol. The molecule has 0 aromatic carbocycles. The maximum absolute atomic E-state index is 12.1. The highest BCUT2D eigenvalue weighted by atomic mass is 35.5. The largest absolute Gasteiger partial charge is 0.307 e. The number of hydrogen-bond acceptors (Lipinski definition) is 5. The molecule has 21 heavy (non-hydrogen) atoms. The first-order chi connectivity index (χ1) is 10.0. The molecule has 0 amide bonds. The van der Waals surface area contributed by atoms with E-state index in [1.807, 2.05) is 0 Å². The van der Waals surface area contributed by atoms with Gasteiger partial charge in [-0.05, 0) is 24.8 Å². The smallest absolute Gasteiger partial charge is 0.242 e. The third-order valence-electron chi connectivity index (χ3n) is 3.82. The molecule has 1 fully saturated rings. The molecule has 0 radical (unpaired) electrons. The first-order valence-electron chi connectivity index (χ1n) is 7.15. The van der Waals surface area contributed by atoms with Crippen LogP contribution in [0.25, 0.3) is 0 Å². The van der Waals surface area contributed by atoms with Crippen LogP contribution in [0.3, 0.4) is 0 Å². The van der Waals surface area contributed by atoms with Crippen LogP contribution in [0.5, 0.6) is 0 Å². The molecule has 1 aromatic heterocycles. The van der Waals surface area contributed by atoms with Gasteiger partial charge in [0, 0.05) is 12.7 Å². The van der Waals surface area contributed by atoms with Crippen molar-refractivity contribution in [2.24, 2.45) is 11.8 Å². The summed E-state index contributed by atoms with van der Waals surface area (Å²) in [5, 5.41) is 0.173. The lowest BCUT2D eigenvalue weighted by atomic mass is 10.0. The van der Waals surface area contributed by atoms with Crippen molar-refractivity contribution in [1.29, 1.82) is 0 Å². The minimum atomic E-state index is -3.57. The van der Waals surface area contributed by atoms with E-state index in [4.69, 9.17) is 17.4 Å². The van der Waals surface area contributed by atoms with Crippen LogP contribution < -0.4 is 16.0 Å². The highest BCUT2D eigenvalue weighted by molar-refractivity contribution is 7.89. The van der Waals surface area contributed by atoms with Gasteiger partial charge in [0.1, 0.15) is 4.90 Å².